The molecule has 1 aliphatic heterocycles. The van der Waals surface area contributed by atoms with Gasteiger partial charge in [-0.15, -0.1) is 0 Å². The second kappa shape index (κ2) is 4.56. The smallest absolute Gasteiger partial charge is 0.153 e. The first kappa shape index (κ1) is 11.0. The average Bonchev–Trinajstić information content (AvgIpc) is 2.63. The van der Waals surface area contributed by atoms with Gasteiger partial charge in [-0.05, 0) is 25.5 Å². The summed E-state index contributed by atoms with van der Waals surface area (Å²) in [5.74, 6) is 1.49. The zero-order chi connectivity index (χ0) is 11.5. The van der Waals surface area contributed by atoms with Gasteiger partial charge in [-0.3, -0.25) is 4.79 Å². The maximum Gasteiger partial charge on any atom is 0.153 e. The van der Waals surface area contributed by atoms with Crippen LogP contribution in [0.15, 0.2) is 12.1 Å². The van der Waals surface area contributed by atoms with Crippen LogP contribution in [0.5, 0.6) is 11.5 Å². The van der Waals surface area contributed by atoms with Crippen molar-refractivity contribution in [3.8, 4) is 11.5 Å². The third-order valence-electron chi connectivity index (χ3n) is 2.62. The van der Waals surface area contributed by atoms with Gasteiger partial charge in [0.05, 0.1) is 12.2 Å². The summed E-state index contributed by atoms with van der Waals surface area (Å²) in [4.78, 5) is 10.9. The van der Waals surface area contributed by atoms with Crippen molar-refractivity contribution >= 4 is 6.29 Å². The summed E-state index contributed by atoms with van der Waals surface area (Å²) in [5, 5.41) is 0. The van der Waals surface area contributed by atoms with Crippen LogP contribution in [-0.2, 0) is 6.42 Å². The van der Waals surface area contributed by atoms with Gasteiger partial charge in [0, 0.05) is 12.0 Å². The minimum absolute atomic E-state index is 0.191. The standard InChI is InChI=1S/C13H16O3/c1-3-4-15-12-6-10-5-9(2)16-13(10)7-11(12)8-14/h6-9H,3-5H2,1-2H3. The Morgan fingerprint density at radius 3 is 3.06 bits per heavy atom. The number of rotatable bonds is 4. The van der Waals surface area contributed by atoms with Crippen molar-refractivity contribution in [2.75, 3.05) is 6.61 Å². The Balaban J connectivity index is 2.31. The molecule has 86 valence electrons. The molecular formula is C13H16O3. The molecule has 16 heavy (non-hydrogen) atoms. The molecule has 0 radical (unpaired) electrons. The molecule has 0 aromatic heterocycles. The van der Waals surface area contributed by atoms with Gasteiger partial charge in [0.2, 0.25) is 0 Å². The lowest BCUT2D eigenvalue weighted by Crippen LogP contribution is -2.05. The van der Waals surface area contributed by atoms with Crippen LogP contribution in [0.25, 0.3) is 0 Å². The lowest BCUT2D eigenvalue weighted by atomic mass is 10.1. The minimum atomic E-state index is 0.191. The van der Waals surface area contributed by atoms with E-state index in [1.54, 1.807) is 6.07 Å². The van der Waals surface area contributed by atoms with Crippen molar-refractivity contribution in [3.63, 3.8) is 0 Å². The number of hydrogen-bond donors (Lipinski definition) is 0. The molecule has 1 aliphatic rings. The van der Waals surface area contributed by atoms with E-state index in [1.807, 2.05) is 19.9 Å². The lowest BCUT2D eigenvalue weighted by Gasteiger charge is -2.09. The van der Waals surface area contributed by atoms with Crippen LogP contribution in [-0.4, -0.2) is 19.0 Å². The number of benzene rings is 1. The summed E-state index contributed by atoms with van der Waals surface area (Å²) < 4.78 is 11.1. The van der Waals surface area contributed by atoms with Crippen molar-refractivity contribution in [1.29, 1.82) is 0 Å². The van der Waals surface area contributed by atoms with Gasteiger partial charge in [-0.1, -0.05) is 6.92 Å². The molecule has 0 aliphatic carbocycles. The average molecular weight is 220 g/mol. The van der Waals surface area contributed by atoms with Gasteiger partial charge in [0.1, 0.15) is 17.6 Å². The van der Waals surface area contributed by atoms with Crippen LogP contribution >= 0.6 is 0 Å². The Morgan fingerprint density at radius 2 is 2.38 bits per heavy atom. The first-order valence-electron chi connectivity index (χ1n) is 5.66. The maximum absolute atomic E-state index is 10.9. The molecule has 1 heterocycles. The molecule has 0 N–H and O–H groups in total. The van der Waals surface area contributed by atoms with Gasteiger partial charge in [0.25, 0.3) is 0 Å². The highest BCUT2D eigenvalue weighted by Gasteiger charge is 2.21. The van der Waals surface area contributed by atoms with Crippen molar-refractivity contribution in [2.24, 2.45) is 0 Å². The highest BCUT2D eigenvalue weighted by Crippen LogP contribution is 2.34. The van der Waals surface area contributed by atoms with Crippen molar-refractivity contribution in [1.82, 2.24) is 0 Å². The third-order valence-corrected chi connectivity index (χ3v) is 2.62. The van der Waals surface area contributed by atoms with E-state index in [0.29, 0.717) is 17.9 Å². The van der Waals surface area contributed by atoms with Crippen LogP contribution in [0, 0.1) is 0 Å². The molecule has 1 atom stereocenters. The highest BCUT2D eigenvalue weighted by atomic mass is 16.5. The van der Waals surface area contributed by atoms with E-state index in [2.05, 4.69) is 0 Å². The number of ether oxygens (including phenoxy) is 2. The van der Waals surface area contributed by atoms with Gasteiger partial charge >= 0.3 is 0 Å². The quantitative estimate of drug-likeness (QED) is 0.732. The van der Waals surface area contributed by atoms with Crippen LogP contribution < -0.4 is 9.47 Å². The van der Waals surface area contributed by atoms with Crippen LogP contribution in [0.2, 0.25) is 0 Å². The number of carbonyl (C=O) groups excluding carboxylic acids is 1. The molecule has 1 unspecified atom stereocenters. The van der Waals surface area contributed by atoms with E-state index in [-0.39, 0.29) is 6.10 Å². The minimum Gasteiger partial charge on any atom is -0.493 e. The first-order valence-corrected chi connectivity index (χ1v) is 5.66. The number of hydrogen-bond acceptors (Lipinski definition) is 3. The molecule has 1 aromatic rings. The third kappa shape index (κ3) is 2.03. The largest absolute Gasteiger partial charge is 0.493 e. The molecule has 0 amide bonds. The first-order chi connectivity index (χ1) is 7.74. The molecule has 3 heteroatoms. The summed E-state index contributed by atoms with van der Waals surface area (Å²) >= 11 is 0. The van der Waals surface area contributed by atoms with Crippen molar-refractivity contribution in [2.45, 2.75) is 32.8 Å². The topological polar surface area (TPSA) is 35.5 Å². The second-order valence-corrected chi connectivity index (χ2v) is 4.10. The maximum atomic E-state index is 10.9. The molecule has 0 saturated heterocycles. The lowest BCUT2D eigenvalue weighted by molar-refractivity contribution is 0.111. The molecule has 0 bridgehead atoms. The van der Waals surface area contributed by atoms with E-state index < -0.39 is 0 Å². The van der Waals surface area contributed by atoms with Crippen molar-refractivity contribution in [3.05, 3.63) is 23.3 Å². The Labute approximate surface area is 95.4 Å². The molecule has 1 aromatic carbocycles. The summed E-state index contributed by atoms with van der Waals surface area (Å²) in [7, 11) is 0. The summed E-state index contributed by atoms with van der Waals surface area (Å²) in [5.41, 5.74) is 1.70. The second-order valence-electron chi connectivity index (χ2n) is 4.10. The van der Waals surface area contributed by atoms with E-state index in [4.69, 9.17) is 9.47 Å². The Hall–Kier alpha value is -1.51. The van der Waals surface area contributed by atoms with Gasteiger partial charge in [-0.2, -0.15) is 0 Å². The van der Waals surface area contributed by atoms with Crippen LogP contribution in [0.4, 0.5) is 0 Å². The molecule has 3 nitrogen and oxygen atoms in total. The van der Waals surface area contributed by atoms with Gasteiger partial charge in [-0.25, -0.2) is 0 Å². The predicted octanol–water partition coefficient (Wildman–Crippen LogP) is 2.61. The number of carbonyl (C=O) groups is 1. The Bertz CT molecular complexity index is 398. The van der Waals surface area contributed by atoms with Gasteiger partial charge < -0.3 is 9.47 Å². The fourth-order valence-corrected chi connectivity index (χ4v) is 1.88. The highest BCUT2D eigenvalue weighted by molar-refractivity contribution is 5.81. The molecule has 0 spiro atoms. The van der Waals surface area contributed by atoms with Gasteiger partial charge in [0.15, 0.2) is 6.29 Å². The van der Waals surface area contributed by atoms with Crippen LogP contribution in [0.3, 0.4) is 0 Å². The molecule has 2 rings (SSSR count). The molecule has 0 fully saturated rings. The number of aldehydes is 1. The monoisotopic (exact) mass is 220 g/mol. The van der Waals surface area contributed by atoms with E-state index in [9.17, 15) is 4.79 Å². The van der Waals surface area contributed by atoms with E-state index in [1.165, 1.54) is 0 Å². The summed E-state index contributed by atoms with van der Waals surface area (Å²) in [6.07, 6.45) is 2.83. The fourth-order valence-electron chi connectivity index (χ4n) is 1.88. The Kier molecular flexibility index (Phi) is 3.13. The molecule has 0 saturated carbocycles. The van der Waals surface area contributed by atoms with Crippen molar-refractivity contribution < 1.29 is 14.3 Å². The SMILES string of the molecule is CCCOc1cc2c(cc1C=O)OC(C)C2. The van der Waals surface area contributed by atoms with Crippen LogP contribution in [0.1, 0.15) is 36.2 Å². The summed E-state index contributed by atoms with van der Waals surface area (Å²) in [6.45, 7) is 4.70. The van der Waals surface area contributed by atoms with E-state index >= 15 is 0 Å². The predicted molar refractivity (Wildman–Crippen MR) is 61.4 cm³/mol. The zero-order valence-corrected chi connectivity index (χ0v) is 9.66. The Morgan fingerprint density at radius 1 is 1.56 bits per heavy atom. The summed E-state index contributed by atoms with van der Waals surface area (Å²) in [6, 6.07) is 3.70. The number of fused-ring (bicyclic) bond motifs is 1. The fraction of sp³-hybridized carbons (Fsp3) is 0.462. The normalized spacial score (nSPS) is 17.8. The van der Waals surface area contributed by atoms with E-state index in [0.717, 1.165) is 30.4 Å². The zero-order valence-electron chi connectivity index (χ0n) is 9.66. The molecular weight excluding hydrogens is 204 g/mol.